The number of ether oxygens (including phenoxy) is 1. The van der Waals surface area contributed by atoms with Crippen LogP contribution >= 0.6 is 0 Å². The van der Waals surface area contributed by atoms with Gasteiger partial charge in [-0.3, -0.25) is 14.2 Å². The van der Waals surface area contributed by atoms with Crippen LogP contribution in [0.5, 0.6) is 0 Å². The molecule has 0 spiro atoms. The van der Waals surface area contributed by atoms with Crippen molar-refractivity contribution in [2.45, 2.75) is 45.9 Å². The molecular formula is C23H23N3O4. The van der Waals surface area contributed by atoms with Gasteiger partial charge in [0.15, 0.2) is 6.10 Å². The first-order valence-electron chi connectivity index (χ1n) is 10.00. The number of aryl methyl sites for hydroxylation is 2. The molecule has 0 aliphatic carbocycles. The van der Waals surface area contributed by atoms with E-state index < -0.39 is 12.1 Å². The third kappa shape index (κ3) is 3.96. The maximum Gasteiger partial charge on any atom is 0.338 e. The van der Waals surface area contributed by atoms with Crippen LogP contribution < -0.4 is 10.9 Å². The number of esters is 1. The van der Waals surface area contributed by atoms with E-state index in [4.69, 9.17) is 4.74 Å². The second-order valence-electron chi connectivity index (χ2n) is 7.57. The van der Waals surface area contributed by atoms with E-state index in [2.05, 4.69) is 10.3 Å². The molecule has 0 fully saturated rings. The average Bonchev–Trinajstić information content (AvgIpc) is 3.21. The highest BCUT2D eigenvalue weighted by Crippen LogP contribution is 2.17. The van der Waals surface area contributed by atoms with Crippen molar-refractivity contribution < 1.29 is 14.3 Å². The van der Waals surface area contributed by atoms with Crippen LogP contribution in [0.15, 0.2) is 47.3 Å². The molecule has 1 amide bonds. The maximum absolute atomic E-state index is 12.5. The van der Waals surface area contributed by atoms with Crippen molar-refractivity contribution in [3.8, 4) is 0 Å². The Balaban J connectivity index is 1.43. The van der Waals surface area contributed by atoms with Gasteiger partial charge in [0.25, 0.3) is 11.5 Å². The fourth-order valence-electron chi connectivity index (χ4n) is 3.53. The number of carbonyl (C=O) groups excluding carboxylic acids is 2. The predicted octanol–water partition coefficient (Wildman–Crippen LogP) is 2.51. The van der Waals surface area contributed by atoms with Crippen LogP contribution in [-0.4, -0.2) is 27.5 Å². The van der Waals surface area contributed by atoms with Crippen molar-refractivity contribution in [3.63, 3.8) is 0 Å². The molecule has 4 rings (SSSR count). The molecule has 1 aliphatic heterocycles. The summed E-state index contributed by atoms with van der Waals surface area (Å²) in [5.41, 5.74) is 2.75. The highest BCUT2D eigenvalue weighted by atomic mass is 16.5. The summed E-state index contributed by atoms with van der Waals surface area (Å²) in [4.78, 5) is 41.9. The van der Waals surface area contributed by atoms with Crippen molar-refractivity contribution in [2.24, 2.45) is 0 Å². The molecule has 1 aromatic heterocycles. The minimum atomic E-state index is -0.947. The van der Waals surface area contributed by atoms with E-state index in [0.717, 1.165) is 29.8 Å². The average molecular weight is 405 g/mol. The molecule has 154 valence electrons. The summed E-state index contributed by atoms with van der Waals surface area (Å²) in [6, 6.07) is 12.5. The lowest BCUT2D eigenvalue weighted by Crippen LogP contribution is -2.35. The molecule has 3 aromatic rings. The zero-order valence-electron chi connectivity index (χ0n) is 17.0. The molecule has 7 heteroatoms. The van der Waals surface area contributed by atoms with E-state index in [1.807, 2.05) is 31.2 Å². The van der Waals surface area contributed by atoms with Crippen LogP contribution in [0.25, 0.3) is 10.9 Å². The highest BCUT2D eigenvalue weighted by molar-refractivity contribution is 5.95. The zero-order valence-corrected chi connectivity index (χ0v) is 17.0. The standard InChI is InChI=1S/C23H23N3O4/c1-14-5-7-16(8-6-14)13-24-21(27)15(2)30-23(29)17-9-10-18-19(12-17)25-20-4-3-11-26(20)22(18)28/h5-10,12,15H,3-4,11,13H2,1-2H3,(H,24,27)/t15-/m0/s1. The predicted molar refractivity (Wildman–Crippen MR) is 112 cm³/mol. The van der Waals surface area contributed by atoms with Gasteiger partial charge in [0.1, 0.15) is 5.82 Å². The summed E-state index contributed by atoms with van der Waals surface area (Å²) in [7, 11) is 0. The third-order valence-electron chi connectivity index (χ3n) is 5.29. The topological polar surface area (TPSA) is 90.3 Å². The normalized spacial score (nSPS) is 13.7. The van der Waals surface area contributed by atoms with Crippen LogP contribution in [0, 0.1) is 6.92 Å². The molecule has 0 radical (unpaired) electrons. The summed E-state index contributed by atoms with van der Waals surface area (Å²) in [5, 5.41) is 3.24. The zero-order chi connectivity index (χ0) is 21.3. The van der Waals surface area contributed by atoms with E-state index in [-0.39, 0.29) is 17.0 Å². The lowest BCUT2D eigenvalue weighted by Gasteiger charge is -2.14. The first-order chi connectivity index (χ1) is 14.4. The molecule has 0 unspecified atom stereocenters. The number of carbonyl (C=O) groups is 2. The quantitative estimate of drug-likeness (QED) is 0.659. The molecule has 0 saturated heterocycles. The molecule has 1 aliphatic rings. The number of nitrogens with one attached hydrogen (secondary N) is 1. The van der Waals surface area contributed by atoms with Gasteiger partial charge < -0.3 is 10.1 Å². The van der Waals surface area contributed by atoms with Crippen LogP contribution in [0.3, 0.4) is 0 Å². The second kappa shape index (κ2) is 8.10. The van der Waals surface area contributed by atoms with Crippen LogP contribution in [0.1, 0.15) is 40.7 Å². The largest absolute Gasteiger partial charge is 0.449 e. The monoisotopic (exact) mass is 405 g/mol. The highest BCUT2D eigenvalue weighted by Gasteiger charge is 2.21. The van der Waals surface area contributed by atoms with E-state index in [0.29, 0.717) is 24.0 Å². The van der Waals surface area contributed by atoms with E-state index >= 15 is 0 Å². The Morgan fingerprint density at radius 2 is 1.97 bits per heavy atom. The summed E-state index contributed by atoms with van der Waals surface area (Å²) in [6.45, 7) is 4.56. The Labute approximate surface area is 173 Å². The van der Waals surface area contributed by atoms with Crippen LogP contribution in [-0.2, 0) is 29.0 Å². The molecule has 0 saturated carbocycles. The van der Waals surface area contributed by atoms with Gasteiger partial charge in [-0.1, -0.05) is 29.8 Å². The smallest absolute Gasteiger partial charge is 0.338 e. The SMILES string of the molecule is Cc1ccc(CNC(=O)[C@H](C)OC(=O)c2ccc3c(=O)n4c(nc3c2)CCC4)cc1. The first kappa shape index (κ1) is 19.8. The van der Waals surface area contributed by atoms with Crippen molar-refractivity contribution in [2.75, 3.05) is 0 Å². The number of amides is 1. The molecule has 2 aromatic carbocycles. The fraction of sp³-hybridized carbons (Fsp3) is 0.304. The number of hydrogen-bond donors (Lipinski definition) is 1. The van der Waals surface area contributed by atoms with E-state index in [1.54, 1.807) is 16.7 Å². The van der Waals surface area contributed by atoms with Gasteiger partial charge in [-0.25, -0.2) is 9.78 Å². The summed E-state index contributed by atoms with van der Waals surface area (Å²) in [5.74, 6) is -0.266. The van der Waals surface area contributed by atoms with Crippen LogP contribution in [0.2, 0.25) is 0 Å². The lowest BCUT2D eigenvalue weighted by atomic mass is 10.1. The van der Waals surface area contributed by atoms with Gasteiger partial charge >= 0.3 is 5.97 Å². The first-order valence-corrected chi connectivity index (χ1v) is 10.00. The number of rotatable bonds is 5. The van der Waals surface area contributed by atoms with E-state index in [9.17, 15) is 14.4 Å². The van der Waals surface area contributed by atoms with Crippen molar-refractivity contribution in [1.29, 1.82) is 0 Å². The minimum absolute atomic E-state index is 0.0868. The third-order valence-corrected chi connectivity index (χ3v) is 5.29. The molecule has 2 heterocycles. The number of aromatic nitrogens is 2. The Kier molecular flexibility index (Phi) is 5.35. The Morgan fingerprint density at radius 1 is 1.20 bits per heavy atom. The summed E-state index contributed by atoms with van der Waals surface area (Å²) >= 11 is 0. The molecular weight excluding hydrogens is 382 g/mol. The van der Waals surface area contributed by atoms with Gasteiger partial charge in [-0.2, -0.15) is 0 Å². The minimum Gasteiger partial charge on any atom is -0.449 e. The van der Waals surface area contributed by atoms with Crippen LogP contribution in [0.4, 0.5) is 0 Å². The Hall–Kier alpha value is -3.48. The number of hydrogen-bond acceptors (Lipinski definition) is 5. The van der Waals surface area contributed by atoms with Gasteiger partial charge in [-0.05, 0) is 44.0 Å². The van der Waals surface area contributed by atoms with E-state index in [1.165, 1.54) is 13.0 Å². The number of nitrogens with zero attached hydrogens (tertiary/aromatic N) is 2. The maximum atomic E-state index is 12.5. The van der Waals surface area contributed by atoms with Gasteiger partial charge in [0.05, 0.1) is 16.5 Å². The van der Waals surface area contributed by atoms with Crippen molar-refractivity contribution >= 4 is 22.8 Å². The van der Waals surface area contributed by atoms with Crippen molar-refractivity contribution in [3.05, 3.63) is 75.3 Å². The molecule has 1 atom stereocenters. The summed E-state index contributed by atoms with van der Waals surface area (Å²) < 4.78 is 7.00. The lowest BCUT2D eigenvalue weighted by molar-refractivity contribution is -0.129. The summed E-state index contributed by atoms with van der Waals surface area (Å²) in [6.07, 6.45) is 0.693. The fourth-order valence-corrected chi connectivity index (χ4v) is 3.53. The second-order valence-corrected chi connectivity index (χ2v) is 7.57. The number of fused-ring (bicyclic) bond motifs is 2. The molecule has 1 N–H and O–H groups in total. The molecule has 30 heavy (non-hydrogen) atoms. The van der Waals surface area contributed by atoms with Crippen molar-refractivity contribution in [1.82, 2.24) is 14.9 Å². The Bertz CT molecular complexity index is 1180. The van der Waals surface area contributed by atoms with Gasteiger partial charge in [0, 0.05) is 19.5 Å². The number of benzene rings is 2. The molecule has 0 bridgehead atoms. The Morgan fingerprint density at radius 3 is 2.73 bits per heavy atom. The molecule has 7 nitrogen and oxygen atoms in total. The van der Waals surface area contributed by atoms with Gasteiger partial charge in [-0.15, -0.1) is 0 Å². The van der Waals surface area contributed by atoms with Gasteiger partial charge in [0.2, 0.25) is 0 Å².